The van der Waals surface area contributed by atoms with Crippen molar-refractivity contribution in [3.63, 3.8) is 0 Å². The number of rotatable bonds is 5. The number of nitrogens with one attached hydrogen (secondary N) is 1. The summed E-state index contributed by atoms with van der Waals surface area (Å²) < 4.78 is 0. The minimum absolute atomic E-state index is 0.0899. The number of thiophene rings is 1. The van der Waals surface area contributed by atoms with Gasteiger partial charge in [-0.3, -0.25) is 4.79 Å². The van der Waals surface area contributed by atoms with E-state index in [2.05, 4.69) is 11.4 Å². The topological polar surface area (TPSA) is 52.9 Å². The first-order valence-corrected chi connectivity index (χ1v) is 8.55. The molecule has 3 nitrogen and oxygen atoms in total. The van der Waals surface area contributed by atoms with E-state index in [-0.39, 0.29) is 11.2 Å². The van der Waals surface area contributed by atoms with E-state index >= 15 is 0 Å². The van der Waals surface area contributed by atoms with E-state index < -0.39 is 0 Å². The predicted octanol–water partition coefficient (Wildman–Crippen LogP) is 4.53. The highest BCUT2D eigenvalue weighted by atomic mass is 35.5. The smallest absolute Gasteiger partial charge is 0.237 e. The van der Waals surface area contributed by atoms with Crippen LogP contribution >= 0.6 is 34.7 Å². The van der Waals surface area contributed by atoms with Crippen LogP contribution in [0.1, 0.15) is 18.1 Å². The zero-order valence-corrected chi connectivity index (χ0v) is 13.7. The van der Waals surface area contributed by atoms with Gasteiger partial charge in [0.05, 0.1) is 10.8 Å². The fourth-order valence-corrected chi connectivity index (χ4v) is 3.30. The Morgan fingerprint density at radius 2 is 2.14 bits per heavy atom. The van der Waals surface area contributed by atoms with Crippen molar-refractivity contribution < 1.29 is 4.79 Å². The maximum Gasteiger partial charge on any atom is 0.237 e. The number of thioether (sulfide) groups is 1. The maximum absolute atomic E-state index is 12.1. The summed E-state index contributed by atoms with van der Waals surface area (Å²) in [5.41, 5.74) is 1.63. The summed E-state index contributed by atoms with van der Waals surface area (Å²) in [4.78, 5) is 12.1. The molecule has 0 unspecified atom stereocenters. The van der Waals surface area contributed by atoms with Gasteiger partial charge in [-0.25, -0.2) is 0 Å². The third-order valence-electron chi connectivity index (χ3n) is 2.80. The van der Waals surface area contributed by atoms with E-state index in [0.717, 1.165) is 11.3 Å². The van der Waals surface area contributed by atoms with E-state index in [9.17, 15) is 4.79 Å². The Balaban J connectivity index is 1.88. The van der Waals surface area contributed by atoms with Gasteiger partial charge in [0.2, 0.25) is 5.91 Å². The van der Waals surface area contributed by atoms with Crippen molar-refractivity contribution in [2.75, 3.05) is 5.32 Å². The molecule has 0 saturated carbocycles. The summed E-state index contributed by atoms with van der Waals surface area (Å²) in [5, 5.41) is 14.6. The van der Waals surface area contributed by atoms with Crippen LogP contribution in [0.15, 0.2) is 35.7 Å². The highest BCUT2D eigenvalue weighted by Gasteiger charge is 2.15. The molecule has 1 aromatic heterocycles. The summed E-state index contributed by atoms with van der Waals surface area (Å²) >= 11 is 8.74. The van der Waals surface area contributed by atoms with Gasteiger partial charge in [0, 0.05) is 10.8 Å². The number of hydrogen-bond acceptors (Lipinski definition) is 4. The second kappa shape index (κ2) is 7.51. The molecule has 1 atom stereocenters. The summed E-state index contributed by atoms with van der Waals surface area (Å²) in [6, 6.07) is 11.3. The summed E-state index contributed by atoms with van der Waals surface area (Å²) in [6.07, 6.45) is 0. The minimum atomic E-state index is -0.200. The molecule has 2 rings (SSSR count). The molecular weight excluding hydrogens is 324 g/mol. The number of carbonyl (C=O) groups is 1. The first kappa shape index (κ1) is 15.9. The van der Waals surface area contributed by atoms with Crippen molar-refractivity contribution in [2.45, 2.75) is 17.9 Å². The zero-order chi connectivity index (χ0) is 15.2. The van der Waals surface area contributed by atoms with Crippen molar-refractivity contribution >= 4 is 45.6 Å². The number of halogens is 1. The number of benzene rings is 1. The zero-order valence-electron chi connectivity index (χ0n) is 11.3. The molecule has 2 aromatic rings. The van der Waals surface area contributed by atoms with Crippen molar-refractivity contribution in [3.8, 4) is 6.07 Å². The lowest BCUT2D eigenvalue weighted by Gasteiger charge is -2.11. The van der Waals surface area contributed by atoms with Crippen LogP contribution in [0.4, 0.5) is 5.00 Å². The average molecular weight is 337 g/mol. The molecule has 0 fully saturated rings. The molecule has 0 aliphatic heterocycles. The number of hydrogen-bond donors (Lipinski definition) is 1. The number of anilines is 1. The third-order valence-corrected chi connectivity index (χ3v) is 5.10. The number of nitriles is 1. The molecule has 108 valence electrons. The Hall–Kier alpha value is -1.48. The number of nitrogens with zero attached hydrogens (tertiary/aromatic N) is 1. The van der Waals surface area contributed by atoms with Crippen LogP contribution in [0.3, 0.4) is 0 Å². The molecule has 0 aliphatic carbocycles. The molecule has 6 heteroatoms. The van der Waals surface area contributed by atoms with Gasteiger partial charge in [-0.2, -0.15) is 5.26 Å². The lowest BCUT2D eigenvalue weighted by molar-refractivity contribution is -0.115. The predicted molar refractivity (Wildman–Crippen MR) is 89.9 cm³/mol. The van der Waals surface area contributed by atoms with Crippen LogP contribution in [0.25, 0.3) is 0 Å². The average Bonchev–Trinajstić information content (AvgIpc) is 2.93. The molecule has 0 saturated heterocycles. The van der Waals surface area contributed by atoms with Gasteiger partial charge in [-0.05, 0) is 36.1 Å². The molecule has 0 radical (unpaired) electrons. The quantitative estimate of drug-likeness (QED) is 0.872. The first-order chi connectivity index (χ1) is 10.1. The molecule has 1 heterocycles. The van der Waals surface area contributed by atoms with Crippen LogP contribution in [0.5, 0.6) is 0 Å². The van der Waals surface area contributed by atoms with E-state index in [0.29, 0.717) is 15.6 Å². The maximum atomic E-state index is 12.1. The van der Waals surface area contributed by atoms with Gasteiger partial charge in [0.15, 0.2) is 0 Å². The summed E-state index contributed by atoms with van der Waals surface area (Å²) in [6.45, 7) is 1.86. The normalized spacial score (nSPS) is 11.7. The van der Waals surface area contributed by atoms with Crippen molar-refractivity contribution in [2.24, 2.45) is 0 Å². The van der Waals surface area contributed by atoms with Gasteiger partial charge >= 0.3 is 0 Å². The summed E-state index contributed by atoms with van der Waals surface area (Å²) in [5.74, 6) is 0.648. The Morgan fingerprint density at radius 1 is 1.43 bits per heavy atom. The summed E-state index contributed by atoms with van der Waals surface area (Å²) in [7, 11) is 0. The van der Waals surface area contributed by atoms with Gasteiger partial charge in [-0.1, -0.05) is 23.7 Å². The fraction of sp³-hybridized carbons (Fsp3) is 0.200. The van der Waals surface area contributed by atoms with Crippen molar-refractivity contribution in [3.05, 3.63) is 51.9 Å². The van der Waals surface area contributed by atoms with E-state index in [4.69, 9.17) is 16.9 Å². The van der Waals surface area contributed by atoms with Gasteiger partial charge in [-0.15, -0.1) is 23.1 Å². The van der Waals surface area contributed by atoms with Gasteiger partial charge in [0.1, 0.15) is 11.1 Å². The highest BCUT2D eigenvalue weighted by molar-refractivity contribution is 7.99. The van der Waals surface area contributed by atoms with E-state index in [1.807, 2.05) is 31.2 Å². The fourth-order valence-electron chi connectivity index (χ4n) is 1.59. The lowest BCUT2D eigenvalue weighted by atomic mass is 10.2. The largest absolute Gasteiger partial charge is 0.316 e. The molecule has 0 aliphatic rings. The van der Waals surface area contributed by atoms with Crippen LogP contribution in [0, 0.1) is 11.3 Å². The third kappa shape index (κ3) is 4.50. The Kier molecular flexibility index (Phi) is 5.68. The highest BCUT2D eigenvalue weighted by Crippen LogP contribution is 2.25. The van der Waals surface area contributed by atoms with E-state index in [1.54, 1.807) is 23.2 Å². The Morgan fingerprint density at radius 3 is 2.81 bits per heavy atom. The Bertz CT molecular complexity index is 661. The van der Waals surface area contributed by atoms with Crippen LogP contribution < -0.4 is 5.32 Å². The van der Waals surface area contributed by atoms with Gasteiger partial charge < -0.3 is 5.32 Å². The van der Waals surface area contributed by atoms with Crippen LogP contribution in [-0.2, 0) is 10.5 Å². The van der Waals surface area contributed by atoms with Crippen LogP contribution in [-0.4, -0.2) is 11.2 Å². The molecule has 21 heavy (non-hydrogen) atoms. The second-order valence-electron chi connectivity index (χ2n) is 4.34. The molecule has 0 spiro atoms. The van der Waals surface area contributed by atoms with Crippen molar-refractivity contribution in [1.29, 1.82) is 5.26 Å². The first-order valence-electron chi connectivity index (χ1n) is 6.24. The monoisotopic (exact) mass is 336 g/mol. The number of amides is 1. The standard InChI is InChI=1S/C15H13ClN2OS2/c1-10(21-9-11-2-4-13(16)5-3-11)14(19)18-15-12(8-17)6-7-20-15/h2-7,10H,9H2,1H3,(H,18,19)/t10-/m0/s1. The SMILES string of the molecule is C[C@H](SCc1ccc(Cl)cc1)C(=O)Nc1sccc1C#N. The second-order valence-corrected chi connectivity index (χ2v) is 7.03. The lowest BCUT2D eigenvalue weighted by Crippen LogP contribution is -2.22. The van der Waals surface area contributed by atoms with E-state index in [1.165, 1.54) is 11.3 Å². The number of carbonyl (C=O) groups excluding carboxylic acids is 1. The van der Waals surface area contributed by atoms with Crippen LogP contribution in [0.2, 0.25) is 5.02 Å². The molecular formula is C15H13ClN2OS2. The van der Waals surface area contributed by atoms with Crippen molar-refractivity contribution in [1.82, 2.24) is 0 Å². The molecule has 0 bridgehead atoms. The van der Waals surface area contributed by atoms with Gasteiger partial charge in [0.25, 0.3) is 0 Å². The molecule has 1 aromatic carbocycles. The molecule has 1 N–H and O–H groups in total. The molecule has 1 amide bonds. The Labute approximate surface area is 136 Å². The minimum Gasteiger partial charge on any atom is -0.316 e.